The van der Waals surface area contributed by atoms with E-state index in [9.17, 15) is 9.59 Å². The average Bonchev–Trinajstić information content (AvgIpc) is 3.21. The van der Waals surface area contributed by atoms with Crippen LogP contribution in [0.4, 0.5) is 0 Å². The lowest BCUT2D eigenvalue weighted by atomic mass is 10.2. The molecule has 0 spiro atoms. The molecule has 2 heterocycles. The molecule has 0 saturated heterocycles. The van der Waals surface area contributed by atoms with Crippen LogP contribution in [0, 0.1) is 0 Å². The van der Waals surface area contributed by atoms with E-state index in [0.29, 0.717) is 22.3 Å². The van der Waals surface area contributed by atoms with Gasteiger partial charge in [-0.05, 0) is 36.4 Å². The molecule has 4 aromatic rings. The highest BCUT2D eigenvalue weighted by molar-refractivity contribution is 6.30. The van der Waals surface area contributed by atoms with Crippen molar-refractivity contribution < 1.29 is 9.26 Å². The maximum atomic E-state index is 12.6. The lowest BCUT2D eigenvalue weighted by Gasteiger charge is -2.11. The van der Waals surface area contributed by atoms with Gasteiger partial charge in [0.25, 0.3) is 0 Å². The molecule has 0 amide bonds. The number of halogens is 1. The summed E-state index contributed by atoms with van der Waals surface area (Å²) in [5.74, 6) is 1.05. The van der Waals surface area contributed by atoms with Crippen molar-refractivity contribution in [2.24, 2.45) is 0 Å². The third-order valence-corrected chi connectivity index (χ3v) is 4.53. The summed E-state index contributed by atoms with van der Waals surface area (Å²) in [5.41, 5.74) is -0.227. The highest BCUT2D eigenvalue weighted by atomic mass is 35.5. The minimum absolute atomic E-state index is 0.0264. The van der Waals surface area contributed by atoms with Crippen molar-refractivity contribution in [1.29, 1.82) is 0 Å². The number of aromatic nitrogens is 4. The molecular formula is C20H15ClN4O4. The van der Waals surface area contributed by atoms with Crippen molar-refractivity contribution in [3.05, 3.63) is 92.5 Å². The van der Waals surface area contributed by atoms with Crippen molar-refractivity contribution in [1.82, 2.24) is 19.3 Å². The van der Waals surface area contributed by atoms with E-state index in [1.807, 2.05) is 0 Å². The molecule has 2 aromatic heterocycles. The normalized spacial score (nSPS) is 10.8. The zero-order valence-corrected chi connectivity index (χ0v) is 16.0. The van der Waals surface area contributed by atoms with Crippen LogP contribution in [0.3, 0.4) is 0 Å². The van der Waals surface area contributed by atoms with Gasteiger partial charge in [-0.25, -0.2) is 0 Å². The van der Waals surface area contributed by atoms with Gasteiger partial charge < -0.3 is 9.26 Å². The molecule has 2 aromatic carbocycles. The molecule has 0 saturated carbocycles. The van der Waals surface area contributed by atoms with E-state index in [1.165, 1.54) is 28.6 Å². The summed E-state index contributed by atoms with van der Waals surface area (Å²) in [6, 6.07) is 13.9. The van der Waals surface area contributed by atoms with Gasteiger partial charge in [0.2, 0.25) is 11.7 Å². The molecular weight excluding hydrogens is 396 g/mol. The third kappa shape index (κ3) is 3.70. The first-order chi connectivity index (χ1) is 14.1. The van der Waals surface area contributed by atoms with Crippen LogP contribution in [0.15, 0.2) is 75.0 Å². The number of para-hydroxylation sites is 2. The molecule has 0 fully saturated rings. The van der Waals surface area contributed by atoms with Crippen molar-refractivity contribution in [2.45, 2.75) is 6.54 Å². The van der Waals surface area contributed by atoms with Crippen molar-refractivity contribution in [3.8, 4) is 22.8 Å². The Balaban J connectivity index is 1.64. The van der Waals surface area contributed by atoms with E-state index in [0.717, 1.165) is 5.56 Å². The zero-order chi connectivity index (χ0) is 20.4. The number of rotatable bonds is 5. The molecule has 9 heteroatoms. The van der Waals surface area contributed by atoms with Crippen molar-refractivity contribution >= 4 is 11.6 Å². The first-order valence-corrected chi connectivity index (χ1v) is 8.98. The Labute approximate surface area is 169 Å². The number of hydrogen-bond acceptors (Lipinski definition) is 6. The van der Waals surface area contributed by atoms with Crippen LogP contribution >= 0.6 is 11.6 Å². The molecule has 0 N–H and O–H groups in total. The van der Waals surface area contributed by atoms with Crippen LogP contribution in [-0.2, 0) is 6.54 Å². The van der Waals surface area contributed by atoms with Gasteiger partial charge in [-0.3, -0.25) is 18.7 Å². The monoisotopic (exact) mass is 410 g/mol. The lowest BCUT2D eigenvalue weighted by molar-refractivity contribution is 0.369. The smallest absolute Gasteiger partial charge is 0.321 e. The van der Waals surface area contributed by atoms with Gasteiger partial charge in [-0.2, -0.15) is 4.98 Å². The molecule has 0 radical (unpaired) electrons. The van der Waals surface area contributed by atoms with Gasteiger partial charge in [0, 0.05) is 23.0 Å². The zero-order valence-electron chi connectivity index (χ0n) is 15.3. The second kappa shape index (κ2) is 7.76. The van der Waals surface area contributed by atoms with Crippen molar-refractivity contribution in [2.75, 3.05) is 7.11 Å². The van der Waals surface area contributed by atoms with E-state index >= 15 is 0 Å². The molecule has 0 bridgehead atoms. The summed E-state index contributed by atoms with van der Waals surface area (Å²) >= 11 is 5.88. The quantitative estimate of drug-likeness (QED) is 0.470. The Morgan fingerprint density at radius 3 is 2.55 bits per heavy atom. The third-order valence-electron chi connectivity index (χ3n) is 4.28. The topological polar surface area (TPSA) is 92.2 Å². The van der Waals surface area contributed by atoms with E-state index in [-0.39, 0.29) is 12.4 Å². The second-order valence-corrected chi connectivity index (χ2v) is 6.53. The molecule has 8 nitrogen and oxygen atoms in total. The molecule has 0 aliphatic rings. The summed E-state index contributed by atoms with van der Waals surface area (Å²) in [7, 11) is 1.50. The Bertz CT molecular complexity index is 1270. The van der Waals surface area contributed by atoms with E-state index < -0.39 is 11.1 Å². The highest BCUT2D eigenvalue weighted by Gasteiger charge is 2.14. The van der Waals surface area contributed by atoms with Gasteiger partial charge in [0.1, 0.15) is 12.3 Å². The molecule has 0 aliphatic carbocycles. The number of methoxy groups -OCH3 is 1. The van der Waals surface area contributed by atoms with Crippen LogP contribution in [0.5, 0.6) is 5.75 Å². The van der Waals surface area contributed by atoms with Crippen LogP contribution in [0.25, 0.3) is 17.1 Å². The van der Waals surface area contributed by atoms with E-state index in [4.69, 9.17) is 20.9 Å². The first-order valence-electron chi connectivity index (χ1n) is 8.61. The largest absolute Gasteiger partial charge is 0.495 e. The summed E-state index contributed by atoms with van der Waals surface area (Å²) in [6.07, 6.45) is 2.99. The summed E-state index contributed by atoms with van der Waals surface area (Å²) in [5, 5.41) is 4.50. The number of ether oxygens (including phenoxy) is 1. The fraction of sp³-hybridized carbons (Fsp3) is 0.100. The van der Waals surface area contributed by atoms with Crippen LogP contribution in [-0.4, -0.2) is 26.4 Å². The maximum Gasteiger partial charge on any atom is 0.321 e. The molecule has 0 unspecified atom stereocenters. The van der Waals surface area contributed by atoms with Gasteiger partial charge in [0.15, 0.2) is 0 Å². The molecule has 0 aliphatic heterocycles. The highest BCUT2D eigenvalue weighted by Crippen LogP contribution is 2.20. The number of hydrogen-bond donors (Lipinski definition) is 0. The Morgan fingerprint density at radius 1 is 1.03 bits per heavy atom. The summed E-state index contributed by atoms with van der Waals surface area (Å²) < 4.78 is 12.9. The predicted octanol–water partition coefficient (Wildman–Crippen LogP) is 2.76. The van der Waals surface area contributed by atoms with Crippen LogP contribution < -0.4 is 15.9 Å². The van der Waals surface area contributed by atoms with Gasteiger partial charge in [-0.1, -0.05) is 28.9 Å². The average molecular weight is 411 g/mol. The standard InChI is InChI=1S/C20H15ClN4O4/c1-28-16-5-3-2-4-15(16)25-11-10-24(19(26)20(25)27)12-17-22-18(23-29-17)13-6-8-14(21)9-7-13/h2-11H,12H2,1H3. The molecule has 29 heavy (non-hydrogen) atoms. The maximum absolute atomic E-state index is 12.6. The minimum Gasteiger partial charge on any atom is -0.495 e. The van der Waals surface area contributed by atoms with E-state index in [2.05, 4.69) is 10.1 Å². The molecule has 4 rings (SSSR count). The number of benzene rings is 2. The van der Waals surface area contributed by atoms with Gasteiger partial charge in [0.05, 0.1) is 12.8 Å². The molecule has 0 atom stereocenters. The lowest BCUT2D eigenvalue weighted by Crippen LogP contribution is -2.40. The van der Waals surface area contributed by atoms with Crippen LogP contribution in [0.2, 0.25) is 5.02 Å². The SMILES string of the molecule is COc1ccccc1-n1ccn(Cc2nc(-c3ccc(Cl)cc3)no2)c(=O)c1=O. The molecule has 146 valence electrons. The van der Waals surface area contributed by atoms with E-state index in [1.54, 1.807) is 48.5 Å². The Morgan fingerprint density at radius 2 is 1.79 bits per heavy atom. The fourth-order valence-electron chi connectivity index (χ4n) is 2.83. The predicted molar refractivity (Wildman–Crippen MR) is 107 cm³/mol. The summed E-state index contributed by atoms with van der Waals surface area (Å²) in [4.78, 5) is 29.4. The van der Waals surface area contributed by atoms with Gasteiger partial charge in [-0.15, -0.1) is 0 Å². The minimum atomic E-state index is -0.718. The fourth-order valence-corrected chi connectivity index (χ4v) is 2.96. The Kier molecular flexibility index (Phi) is 5.01. The summed E-state index contributed by atoms with van der Waals surface area (Å²) in [6.45, 7) is -0.0264. The van der Waals surface area contributed by atoms with Gasteiger partial charge >= 0.3 is 11.1 Å². The second-order valence-electron chi connectivity index (χ2n) is 6.10. The number of nitrogens with zero attached hydrogens (tertiary/aromatic N) is 4. The Hall–Kier alpha value is -3.65. The van der Waals surface area contributed by atoms with Crippen molar-refractivity contribution in [3.63, 3.8) is 0 Å². The first kappa shape index (κ1) is 18.7. The van der Waals surface area contributed by atoms with Crippen LogP contribution in [0.1, 0.15) is 5.89 Å².